The van der Waals surface area contributed by atoms with Gasteiger partial charge < -0.3 is 9.64 Å². The third-order valence-corrected chi connectivity index (χ3v) is 4.98. The summed E-state index contributed by atoms with van der Waals surface area (Å²) >= 11 is 0. The van der Waals surface area contributed by atoms with Crippen LogP contribution in [0.5, 0.6) is 5.75 Å². The molecule has 1 heterocycles. The van der Waals surface area contributed by atoms with E-state index in [0.29, 0.717) is 12.3 Å². The van der Waals surface area contributed by atoms with Crippen LogP contribution in [-0.4, -0.2) is 38.6 Å². The quantitative estimate of drug-likeness (QED) is 0.776. The van der Waals surface area contributed by atoms with E-state index < -0.39 is 9.05 Å². The highest BCUT2D eigenvalue weighted by Crippen LogP contribution is 2.33. The molecule has 0 aromatic heterocycles. The van der Waals surface area contributed by atoms with Crippen molar-refractivity contribution in [2.75, 3.05) is 19.4 Å². The van der Waals surface area contributed by atoms with Crippen LogP contribution in [0.25, 0.3) is 0 Å². The zero-order chi connectivity index (χ0) is 15.6. The molecule has 0 N–H and O–H groups in total. The average Bonchev–Trinajstić information content (AvgIpc) is 2.76. The lowest BCUT2D eigenvalue weighted by Crippen LogP contribution is -2.29. The number of ether oxygens (including phenoxy) is 1. The van der Waals surface area contributed by atoms with Crippen LogP contribution >= 0.6 is 10.7 Å². The molecule has 7 heteroatoms. The number of para-hydroxylation sites is 1. The molecular formula is C14H18ClNO4S. The van der Waals surface area contributed by atoms with Gasteiger partial charge in [0.1, 0.15) is 5.75 Å². The molecule has 1 aromatic rings. The van der Waals surface area contributed by atoms with Crippen LogP contribution in [0.15, 0.2) is 24.3 Å². The van der Waals surface area contributed by atoms with E-state index >= 15 is 0 Å². The summed E-state index contributed by atoms with van der Waals surface area (Å²) in [6, 6.07) is 7.33. The van der Waals surface area contributed by atoms with Gasteiger partial charge in [-0.05, 0) is 13.0 Å². The molecule has 0 radical (unpaired) electrons. The maximum atomic E-state index is 12.1. The summed E-state index contributed by atoms with van der Waals surface area (Å²) in [5, 5.41) is 0. The van der Waals surface area contributed by atoms with Crippen molar-refractivity contribution in [3.8, 4) is 5.75 Å². The van der Waals surface area contributed by atoms with Gasteiger partial charge in [0.2, 0.25) is 15.0 Å². The summed E-state index contributed by atoms with van der Waals surface area (Å²) in [4.78, 5) is 13.8. The summed E-state index contributed by atoms with van der Waals surface area (Å²) in [7, 11) is 3.27. The number of nitrogens with zero attached hydrogens (tertiary/aromatic N) is 1. The Bertz CT molecular complexity index is 632. The smallest absolute Gasteiger partial charge is 0.232 e. The molecular weight excluding hydrogens is 314 g/mol. The second-order valence-electron chi connectivity index (χ2n) is 5.24. The van der Waals surface area contributed by atoms with Gasteiger partial charge in [0.15, 0.2) is 0 Å². The van der Waals surface area contributed by atoms with Crippen LogP contribution in [0, 0.1) is 5.92 Å². The van der Waals surface area contributed by atoms with Crippen molar-refractivity contribution in [1.82, 2.24) is 4.90 Å². The summed E-state index contributed by atoms with van der Waals surface area (Å²) < 4.78 is 27.6. The van der Waals surface area contributed by atoms with E-state index in [0.717, 1.165) is 5.56 Å². The molecule has 1 aliphatic heterocycles. The normalized spacial score (nSPS) is 20.6. The molecule has 1 saturated heterocycles. The first-order valence-corrected chi connectivity index (χ1v) is 9.14. The summed E-state index contributed by atoms with van der Waals surface area (Å²) in [6.45, 7) is 2.30. The first kappa shape index (κ1) is 16.1. The number of rotatable bonds is 5. The number of carbonyl (C=O) groups is 1. The molecule has 1 aliphatic rings. The molecule has 0 spiro atoms. The SMILES string of the molecule is COc1ccccc1C(C)N1CC(CS(=O)(=O)Cl)CC1=O. The highest BCUT2D eigenvalue weighted by molar-refractivity contribution is 8.13. The summed E-state index contributed by atoms with van der Waals surface area (Å²) in [5.74, 6) is 0.234. The van der Waals surface area contributed by atoms with Crippen LogP contribution in [-0.2, 0) is 13.8 Å². The summed E-state index contributed by atoms with van der Waals surface area (Å²) in [5.41, 5.74) is 0.905. The molecule has 0 bridgehead atoms. The van der Waals surface area contributed by atoms with Crippen molar-refractivity contribution < 1.29 is 17.9 Å². The standard InChI is InChI=1S/C14H18ClNO4S/c1-10(12-5-3-4-6-13(12)20-2)16-8-11(7-14(16)17)9-21(15,18)19/h3-6,10-11H,7-9H2,1-2H3. The number of halogens is 1. The zero-order valence-electron chi connectivity index (χ0n) is 12.0. The number of likely N-dealkylation sites (tertiary alicyclic amines) is 1. The van der Waals surface area contributed by atoms with Crippen molar-refractivity contribution in [1.29, 1.82) is 0 Å². The Labute approximate surface area is 129 Å². The highest BCUT2D eigenvalue weighted by Gasteiger charge is 2.35. The average molecular weight is 332 g/mol. The minimum Gasteiger partial charge on any atom is -0.496 e. The Kier molecular flexibility index (Phi) is 4.78. The fourth-order valence-electron chi connectivity index (χ4n) is 2.76. The monoisotopic (exact) mass is 331 g/mol. The lowest BCUT2D eigenvalue weighted by Gasteiger charge is -2.26. The molecule has 1 aromatic carbocycles. The maximum Gasteiger partial charge on any atom is 0.232 e. The first-order valence-electron chi connectivity index (χ1n) is 6.66. The van der Waals surface area contributed by atoms with Crippen molar-refractivity contribution in [2.45, 2.75) is 19.4 Å². The van der Waals surface area contributed by atoms with E-state index in [9.17, 15) is 13.2 Å². The Morgan fingerprint density at radius 1 is 1.43 bits per heavy atom. The van der Waals surface area contributed by atoms with Crippen LogP contribution in [0.4, 0.5) is 0 Å². The molecule has 116 valence electrons. The Hall–Kier alpha value is -1.27. The predicted octanol–water partition coefficient (Wildman–Crippen LogP) is 2.17. The fourth-order valence-corrected chi connectivity index (χ4v) is 4.08. The lowest BCUT2D eigenvalue weighted by molar-refractivity contribution is -0.129. The zero-order valence-corrected chi connectivity index (χ0v) is 13.5. The third-order valence-electron chi connectivity index (χ3n) is 3.73. The molecule has 1 fully saturated rings. The highest BCUT2D eigenvalue weighted by atomic mass is 35.7. The van der Waals surface area contributed by atoms with Crippen LogP contribution < -0.4 is 4.74 Å². The molecule has 2 unspecified atom stereocenters. The number of carbonyl (C=O) groups excluding carboxylic acids is 1. The van der Waals surface area contributed by atoms with Crippen molar-refractivity contribution in [2.24, 2.45) is 5.92 Å². The molecule has 0 saturated carbocycles. The number of hydrogen-bond acceptors (Lipinski definition) is 4. The number of amides is 1. The summed E-state index contributed by atoms with van der Waals surface area (Å²) in [6.07, 6.45) is 0.214. The molecule has 2 atom stereocenters. The minimum atomic E-state index is -3.59. The molecule has 1 amide bonds. The number of benzene rings is 1. The third kappa shape index (κ3) is 3.89. The molecule has 21 heavy (non-hydrogen) atoms. The van der Waals surface area contributed by atoms with Crippen LogP contribution in [0.3, 0.4) is 0 Å². The van der Waals surface area contributed by atoms with Crippen LogP contribution in [0.2, 0.25) is 0 Å². The van der Waals surface area contributed by atoms with Crippen molar-refractivity contribution >= 4 is 25.6 Å². The Balaban J connectivity index is 2.16. The van der Waals surface area contributed by atoms with E-state index in [1.54, 1.807) is 12.0 Å². The number of hydrogen-bond donors (Lipinski definition) is 0. The molecule has 5 nitrogen and oxygen atoms in total. The van der Waals surface area contributed by atoms with E-state index in [4.69, 9.17) is 15.4 Å². The Morgan fingerprint density at radius 3 is 2.71 bits per heavy atom. The Morgan fingerprint density at radius 2 is 2.10 bits per heavy atom. The van der Waals surface area contributed by atoms with E-state index in [-0.39, 0.29) is 30.0 Å². The topological polar surface area (TPSA) is 63.7 Å². The van der Waals surface area contributed by atoms with Gasteiger partial charge in [-0.15, -0.1) is 0 Å². The van der Waals surface area contributed by atoms with Crippen LogP contribution in [0.1, 0.15) is 24.9 Å². The van der Waals surface area contributed by atoms with Gasteiger partial charge >= 0.3 is 0 Å². The van der Waals surface area contributed by atoms with Gasteiger partial charge in [0.25, 0.3) is 0 Å². The predicted molar refractivity (Wildman–Crippen MR) is 80.9 cm³/mol. The fraction of sp³-hybridized carbons (Fsp3) is 0.500. The number of methoxy groups -OCH3 is 1. The van der Waals surface area contributed by atoms with Gasteiger partial charge in [-0.1, -0.05) is 18.2 Å². The second kappa shape index (κ2) is 6.23. The lowest BCUT2D eigenvalue weighted by atomic mass is 10.1. The van der Waals surface area contributed by atoms with Crippen molar-refractivity contribution in [3.63, 3.8) is 0 Å². The van der Waals surface area contributed by atoms with Gasteiger partial charge in [-0.3, -0.25) is 4.79 Å². The van der Waals surface area contributed by atoms with Gasteiger partial charge in [0.05, 0.1) is 18.9 Å². The largest absolute Gasteiger partial charge is 0.496 e. The van der Waals surface area contributed by atoms with Crippen molar-refractivity contribution in [3.05, 3.63) is 29.8 Å². The minimum absolute atomic E-state index is 0.0567. The molecule has 0 aliphatic carbocycles. The van der Waals surface area contributed by atoms with Gasteiger partial charge in [-0.2, -0.15) is 0 Å². The maximum absolute atomic E-state index is 12.1. The second-order valence-corrected chi connectivity index (χ2v) is 8.06. The van der Waals surface area contributed by atoms with Gasteiger partial charge in [0, 0.05) is 35.1 Å². The van der Waals surface area contributed by atoms with E-state index in [1.165, 1.54) is 0 Å². The van der Waals surface area contributed by atoms with E-state index in [2.05, 4.69) is 0 Å². The molecule has 2 rings (SSSR count). The van der Waals surface area contributed by atoms with Gasteiger partial charge in [-0.25, -0.2) is 8.42 Å². The van der Waals surface area contributed by atoms with E-state index in [1.807, 2.05) is 31.2 Å². The first-order chi connectivity index (χ1) is 9.81.